The fourth-order valence-electron chi connectivity index (χ4n) is 2.41. The monoisotopic (exact) mass is 291 g/mol. The lowest BCUT2D eigenvalue weighted by Gasteiger charge is -2.34. The van der Waals surface area contributed by atoms with Crippen molar-refractivity contribution in [2.45, 2.75) is 47.5 Å². The molecule has 2 heteroatoms. The third kappa shape index (κ3) is 6.99. The van der Waals surface area contributed by atoms with Gasteiger partial charge in [0, 0.05) is 6.54 Å². The standard InChI is InChI=1S/C19H33NO/c1-16(2)14-20-15-19(5,17(3)4)12-9-13-21-18-10-7-6-8-11-18/h6-8,10-11,16-17,20H,9,12-15H2,1-5H3. The normalized spacial score (nSPS) is 14.4. The van der Waals surface area contributed by atoms with Gasteiger partial charge in [-0.05, 0) is 48.8 Å². The molecule has 0 radical (unpaired) electrons. The van der Waals surface area contributed by atoms with Gasteiger partial charge in [-0.3, -0.25) is 0 Å². The molecule has 1 N–H and O–H groups in total. The third-order valence-electron chi connectivity index (χ3n) is 4.38. The number of hydrogen-bond acceptors (Lipinski definition) is 2. The number of benzene rings is 1. The van der Waals surface area contributed by atoms with Gasteiger partial charge in [-0.1, -0.05) is 52.8 Å². The van der Waals surface area contributed by atoms with Crippen LogP contribution >= 0.6 is 0 Å². The quantitative estimate of drug-likeness (QED) is 0.628. The van der Waals surface area contributed by atoms with Crippen molar-refractivity contribution in [1.29, 1.82) is 0 Å². The van der Waals surface area contributed by atoms with Gasteiger partial charge in [0.05, 0.1) is 6.61 Å². The van der Waals surface area contributed by atoms with Crippen molar-refractivity contribution in [3.8, 4) is 5.75 Å². The predicted octanol–water partition coefficient (Wildman–Crippen LogP) is 4.75. The lowest BCUT2D eigenvalue weighted by Crippen LogP contribution is -2.37. The second-order valence-corrected chi connectivity index (χ2v) is 7.10. The molecule has 0 aliphatic rings. The van der Waals surface area contributed by atoms with Gasteiger partial charge in [0.2, 0.25) is 0 Å². The first-order chi connectivity index (χ1) is 9.94. The Morgan fingerprint density at radius 3 is 2.33 bits per heavy atom. The first-order valence-electron chi connectivity index (χ1n) is 8.32. The summed E-state index contributed by atoms with van der Waals surface area (Å²) in [7, 11) is 0. The van der Waals surface area contributed by atoms with E-state index in [4.69, 9.17) is 4.74 Å². The van der Waals surface area contributed by atoms with Crippen LogP contribution in [-0.2, 0) is 0 Å². The van der Waals surface area contributed by atoms with E-state index < -0.39 is 0 Å². The maximum absolute atomic E-state index is 5.80. The predicted molar refractivity (Wildman–Crippen MR) is 91.8 cm³/mol. The molecule has 0 spiro atoms. The number of rotatable bonds is 10. The Bertz CT molecular complexity index is 374. The molecule has 0 aliphatic carbocycles. The van der Waals surface area contributed by atoms with E-state index in [1.807, 2.05) is 30.3 Å². The number of hydrogen-bond donors (Lipinski definition) is 1. The molecule has 0 heterocycles. The molecular formula is C19H33NO. The average molecular weight is 291 g/mol. The molecule has 0 saturated carbocycles. The highest BCUT2D eigenvalue weighted by Crippen LogP contribution is 2.31. The van der Waals surface area contributed by atoms with Crippen LogP contribution in [-0.4, -0.2) is 19.7 Å². The van der Waals surface area contributed by atoms with E-state index in [1.165, 1.54) is 6.42 Å². The Morgan fingerprint density at radius 1 is 1.10 bits per heavy atom. The van der Waals surface area contributed by atoms with Crippen molar-refractivity contribution in [3.63, 3.8) is 0 Å². The first kappa shape index (κ1) is 18.0. The summed E-state index contributed by atoms with van der Waals surface area (Å²) < 4.78 is 5.80. The number of ether oxygens (including phenoxy) is 1. The Balaban J connectivity index is 2.33. The summed E-state index contributed by atoms with van der Waals surface area (Å²) in [4.78, 5) is 0. The molecular weight excluding hydrogens is 258 g/mol. The zero-order valence-corrected chi connectivity index (χ0v) is 14.5. The molecule has 1 aromatic carbocycles. The summed E-state index contributed by atoms with van der Waals surface area (Å²) in [5.74, 6) is 2.36. The van der Waals surface area contributed by atoms with Crippen LogP contribution in [0.5, 0.6) is 5.75 Å². The van der Waals surface area contributed by atoms with Crippen LogP contribution in [0.15, 0.2) is 30.3 Å². The minimum atomic E-state index is 0.342. The van der Waals surface area contributed by atoms with Gasteiger partial charge in [0.1, 0.15) is 5.75 Å². The van der Waals surface area contributed by atoms with Crippen molar-refractivity contribution in [2.24, 2.45) is 17.3 Å². The van der Waals surface area contributed by atoms with Crippen molar-refractivity contribution in [1.82, 2.24) is 5.32 Å². The van der Waals surface area contributed by atoms with E-state index in [-0.39, 0.29) is 0 Å². The Kier molecular flexibility index (Phi) is 7.81. The maximum atomic E-state index is 5.80. The molecule has 21 heavy (non-hydrogen) atoms. The SMILES string of the molecule is CC(C)CNCC(C)(CCCOc1ccccc1)C(C)C. The summed E-state index contributed by atoms with van der Waals surface area (Å²) in [6.07, 6.45) is 2.30. The van der Waals surface area contributed by atoms with Crippen LogP contribution in [0.2, 0.25) is 0 Å². The lowest BCUT2D eigenvalue weighted by atomic mass is 9.75. The second-order valence-electron chi connectivity index (χ2n) is 7.10. The van der Waals surface area contributed by atoms with E-state index >= 15 is 0 Å². The van der Waals surface area contributed by atoms with Gasteiger partial charge in [0.25, 0.3) is 0 Å². The van der Waals surface area contributed by atoms with E-state index in [1.54, 1.807) is 0 Å². The van der Waals surface area contributed by atoms with Gasteiger partial charge in [-0.15, -0.1) is 0 Å². The molecule has 0 amide bonds. The van der Waals surface area contributed by atoms with Crippen molar-refractivity contribution in [3.05, 3.63) is 30.3 Å². The Labute approximate surface area is 131 Å². The van der Waals surface area contributed by atoms with E-state index in [2.05, 4.69) is 39.9 Å². The average Bonchev–Trinajstić information content (AvgIpc) is 2.44. The molecule has 0 fully saturated rings. The summed E-state index contributed by atoms with van der Waals surface area (Å²) >= 11 is 0. The summed E-state index contributed by atoms with van der Waals surface area (Å²) in [6, 6.07) is 10.1. The van der Waals surface area contributed by atoms with E-state index in [0.29, 0.717) is 17.3 Å². The van der Waals surface area contributed by atoms with Gasteiger partial charge in [-0.25, -0.2) is 0 Å². The molecule has 1 atom stereocenters. The number of nitrogens with one attached hydrogen (secondary N) is 1. The van der Waals surface area contributed by atoms with Gasteiger partial charge in [-0.2, -0.15) is 0 Å². The van der Waals surface area contributed by atoms with E-state index in [0.717, 1.165) is 31.9 Å². The van der Waals surface area contributed by atoms with Crippen LogP contribution in [0.25, 0.3) is 0 Å². The van der Waals surface area contributed by atoms with Crippen LogP contribution in [0.1, 0.15) is 47.5 Å². The second kappa shape index (κ2) is 9.09. The Hall–Kier alpha value is -1.02. The molecule has 1 rings (SSSR count). The molecule has 0 bridgehead atoms. The van der Waals surface area contributed by atoms with Crippen molar-refractivity contribution >= 4 is 0 Å². The molecule has 2 nitrogen and oxygen atoms in total. The zero-order chi connectivity index (χ0) is 15.7. The third-order valence-corrected chi connectivity index (χ3v) is 4.38. The highest BCUT2D eigenvalue weighted by molar-refractivity contribution is 5.20. The highest BCUT2D eigenvalue weighted by atomic mass is 16.5. The minimum absolute atomic E-state index is 0.342. The van der Waals surface area contributed by atoms with Crippen LogP contribution < -0.4 is 10.1 Å². The lowest BCUT2D eigenvalue weighted by molar-refractivity contribution is 0.169. The summed E-state index contributed by atoms with van der Waals surface area (Å²) in [5.41, 5.74) is 0.342. The fraction of sp³-hybridized carbons (Fsp3) is 0.684. The van der Waals surface area contributed by atoms with Gasteiger partial charge >= 0.3 is 0 Å². The fourth-order valence-corrected chi connectivity index (χ4v) is 2.41. The minimum Gasteiger partial charge on any atom is -0.494 e. The van der Waals surface area contributed by atoms with Gasteiger partial charge < -0.3 is 10.1 Å². The van der Waals surface area contributed by atoms with E-state index in [9.17, 15) is 0 Å². The molecule has 1 aromatic rings. The molecule has 0 aromatic heterocycles. The molecule has 120 valence electrons. The van der Waals surface area contributed by atoms with Crippen LogP contribution in [0.3, 0.4) is 0 Å². The molecule has 1 unspecified atom stereocenters. The highest BCUT2D eigenvalue weighted by Gasteiger charge is 2.27. The zero-order valence-electron chi connectivity index (χ0n) is 14.5. The molecule has 0 aliphatic heterocycles. The van der Waals surface area contributed by atoms with Crippen molar-refractivity contribution < 1.29 is 4.74 Å². The first-order valence-corrected chi connectivity index (χ1v) is 8.32. The largest absolute Gasteiger partial charge is 0.494 e. The van der Waals surface area contributed by atoms with Crippen LogP contribution in [0.4, 0.5) is 0 Å². The maximum Gasteiger partial charge on any atom is 0.119 e. The topological polar surface area (TPSA) is 21.3 Å². The summed E-state index contributed by atoms with van der Waals surface area (Å²) in [5, 5.41) is 3.62. The van der Waals surface area contributed by atoms with Gasteiger partial charge in [0.15, 0.2) is 0 Å². The molecule has 0 saturated heterocycles. The number of para-hydroxylation sites is 1. The van der Waals surface area contributed by atoms with Crippen molar-refractivity contribution in [2.75, 3.05) is 19.7 Å². The van der Waals surface area contributed by atoms with Crippen LogP contribution in [0, 0.1) is 17.3 Å². The Morgan fingerprint density at radius 2 is 1.76 bits per heavy atom. The summed E-state index contributed by atoms with van der Waals surface area (Å²) in [6.45, 7) is 14.6. The smallest absolute Gasteiger partial charge is 0.119 e.